The maximum atomic E-state index is 4.72. The summed E-state index contributed by atoms with van der Waals surface area (Å²) in [6.45, 7) is 4.17. The smallest absolute Gasteiger partial charge is 0.147 e. The summed E-state index contributed by atoms with van der Waals surface area (Å²) in [5, 5.41) is 3.13. The van der Waals surface area contributed by atoms with Crippen molar-refractivity contribution in [2.75, 3.05) is 18.5 Å². The van der Waals surface area contributed by atoms with Crippen molar-refractivity contribution in [2.24, 2.45) is 0 Å². The summed E-state index contributed by atoms with van der Waals surface area (Å²) in [5.41, 5.74) is 1.02. The highest BCUT2D eigenvalue weighted by atomic mass is 15.2. The molecular formula is C14H24N4. The SMILES string of the molecule is CCCC1CCCCN1c1cncc(CNC)n1. The summed E-state index contributed by atoms with van der Waals surface area (Å²) in [5.74, 6) is 1.06. The number of hydrogen-bond acceptors (Lipinski definition) is 4. The van der Waals surface area contributed by atoms with Crippen LogP contribution in [-0.4, -0.2) is 29.6 Å². The van der Waals surface area contributed by atoms with Crippen molar-refractivity contribution in [1.29, 1.82) is 0 Å². The predicted octanol–water partition coefficient (Wildman–Crippen LogP) is 2.36. The molecular weight excluding hydrogens is 224 g/mol. The lowest BCUT2D eigenvalue weighted by Gasteiger charge is -2.36. The van der Waals surface area contributed by atoms with E-state index in [1.165, 1.54) is 32.1 Å². The summed E-state index contributed by atoms with van der Waals surface area (Å²) in [6, 6.07) is 0.655. The molecule has 1 unspecified atom stereocenters. The maximum Gasteiger partial charge on any atom is 0.147 e. The molecule has 0 bridgehead atoms. The molecule has 1 aliphatic heterocycles. The largest absolute Gasteiger partial charge is 0.352 e. The molecule has 1 saturated heterocycles. The highest BCUT2D eigenvalue weighted by Gasteiger charge is 2.23. The predicted molar refractivity (Wildman–Crippen MR) is 74.7 cm³/mol. The molecule has 18 heavy (non-hydrogen) atoms. The Morgan fingerprint density at radius 2 is 2.28 bits per heavy atom. The molecule has 4 heteroatoms. The summed E-state index contributed by atoms with van der Waals surface area (Å²) in [6.07, 6.45) is 10.2. The number of anilines is 1. The van der Waals surface area contributed by atoms with Crippen molar-refractivity contribution in [2.45, 2.75) is 51.6 Å². The highest BCUT2D eigenvalue weighted by molar-refractivity contribution is 5.38. The molecule has 1 atom stereocenters. The molecule has 1 aromatic heterocycles. The molecule has 0 aromatic carbocycles. The highest BCUT2D eigenvalue weighted by Crippen LogP contribution is 2.25. The van der Waals surface area contributed by atoms with Crippen molar-refractivity contribution >= 4 is 5.82 Å². The second kappa shape index (κ2) is 6.69. The third-order valence-corrected chi connectivity index (χ3v) is 3.57. The van der Waals surface area contributed by atoms with E-state index in [1.54, 1.807) is 0 Å². The molecule has 1 fully saturated rings. The van der Waals surface area contributed by atoms with Crippen LogP contribution in [0.1, 0.15) is 44.7 Å². The van der Waals surface area contributed by atoms with Gasteiger partial charge in [-0.15, -0.1) is 0 Å². The van der Waals surface area contributed by atoms with Crippen LogP contribution < -0.4 is 10.2 Å². The monoisotopic (exact) mass is 248 g/mol. The van der Waals surface area contributed by atoms with Crippen molar-refractivity contribution in [3.05, 3.63) is 18.1 Å². The third kappa shape index (κ3) is 3.19. The van der Waals surface area contributed by atoms with E-state index in [0.29, 0.717) is 6.04 Å². The first-order chi connectivity index (χ1) is 8.85. The van der Waals surface area contributed by atoms with Crippen molar-refractivity contribution in [3.8, 4) is 0 Å². The van der Waals surface area contributed by atoms with Gasteiger partial charge in [-0.25, -0.2) is 4.98 Å². The molecule has 0 amide bonds. The van der Waals surface area contributed by atoms with Crippen LogP contribution in [0.3, 0.4) is 0 Å². The Hall–Kier alpha value is -1.16. The lowest BCUT2D eigenvalue weighted by atomic mass is 9.98. The van der Waals surface area contributed by atoms with Gasteiger partial charge in [0, 0.05) is 25.3 Å². The van der Waals surface area contributed by atoms with Gasteiger partial charge in [0.1, 0.15) is 5.82 Å². The molecule has 1 N–H and O–H groups in total. The van der Waals surface area contributed by atoms with Gasteiger partial charge >= 0.3 is 0 Å². The zero-order valence-electron chi connectivity index (χ0n) is 11.5. The Bertz CT molecular complexity index is 365. The number of hydrogen-bond donors (Lipinski definition) is 1. The van der Waals surface area contributed by atoms with Crippen LogP contribution in [-0.2, 0) is 6.54 Å². The van der Waals surface area contributed by atoms with E-state index in [-0.39, 0.29) is 0 Å². The fraction of sp³-hybridized carbons (Fsp3) is 0.714. The first kappa shape index (κ1) is 13.3. The van der Waals surface area contributed by atoms with Crippen LogP contribution in [0.4, 0.5) is 5.82 Å². The number of aromatic nitrogens is 2. The summed E-state index contributed by atoms with van der Waals surface area (Å²) in [7, 11) is 1.94. The second-order valence-corrected chi connectivity index (χ2v) is 5.03. The van der Waals surface area contributed by atoms with E-state index in [9.17, 15) is 0 Å². The molecule has 0 aliphatic carbocycles. The van der Waals surface area contributed by atoms with Gasteiger partial charge in [0.15, 0.2) is 0 Å². The van der Waals surface area contributed by atoms with E-state index in [2.05, 4.69) is 22.1 Å². The minimum absolute atomic E-state index is 0.655. The Balaban J connectivity index is 2.14. The quantitative estimate of drug-likeness (QED) is 0.868. The van der Waals surface area contributed by atoms with Gasteiger partial charge in [-0.3, -0.25) is 4.98 Å². The van der Waals surface area contributed by atoms with E-state index in [0.717, 1.165) is 24.6 Å². The molecule has 2 rings (SSSR count). The van der Waals surface area contributed by atoms with Crippen molar-refractivity contribution in [3.63, 3.8) is 0 Å². The lowest BCUT2D eigenvalue weighted by molar-refractivity contribution is 0.431. The Kier molecular flexibility index (Phi) is 4.93. The zero-order valence-corrected chi connectivity index (χ0v) is 11.5. The molecule has 0 saturated carbocycles. The van der Waals surface area contributed by atoms with Crippen molar-refractivity contribution in [1.82, 2.24) is 15.3 Å². The van der Waals surface area contributed by atoms with E-state index < -0.39 is 0 Å². The van der Waals surface area contributed by atoms with Gasteiger partial charge in [-0.2, -0.15) is 0 Å². The summed E-state index contributed by atoms with van der Waals surface area (Å²) in [4.78, 5) is 11.5. The molecule has 0 spiro atoms. The molecule has 1 aliphatic rings. The van der Waals surface area contributed by atoms with Gasteiger partial charge in [-0.05, 0) is 32.7 Å². The molecule has 2 heterocycles. The van der Waals surface area contributed by atoms with Gasteiger partial charge < -0.3 is 10.2 Å². The van der Waals surface area contributed by atoms with E-state index in [4.69, 9.17) is 4.98 Å². The minimum Gasteiger partial charge on any atom is -0.352 e. The molecule has 0 radical (unpaired) electrons. The second-order valence-electron chi connectivity index (χ2n) is 5.03. The van der Waals surface area contributed by atoms with Gasteiger partial charge in [0.05, 0.1) is 11.9 Å². The van der Waals surface area contributed by atoms with Crippen molar-refractivity contribution < 1.29 is 0 Å². The van der Waals surface area contributed by atoms with Crippen LogP contribution in [0.25, 0.3) is 0 Å². The van der Waals surface area contributed by atoms with Gasteiger partial charge in [0.2, 0.25) is 0 Å². The lowest BCUT2D eigenvalue weighted by Crippen LogP contribution is -2.40. The number of rotatable bonds is 5. The molecule has 4 nitrogen and oxygen atoms in total. The normalized spacial score (nSPS) is 20.1. The van der Waals surface area contributed by atoms with Crippen LogP contribution >= 0.6 is 0 Å². The van der Waals surface area contributed by atoms with Gasteiger partial charge in [0.25, 0.3) is 0 Å². The summed E-state index contributed by atoms with van der Waals surface area (Å²) >= 11 is 0. The van der Waals surface area contributed by atoms with Crippen LogP contribution in [0, 0.1) is 0 Å². The van der Waals surface area contributed by atoms with Crippen LogP contribution in [0.2, 0.25) is 0 Å². The third-order valence-electron chi connectivity index (χ3n) is 3.57. The topological polar surface area (TPSA) is 41.1 Å². The van der Waals surface area contributed by atoms with Crippen LogP contribution in [0.5, 0.6) is 0 Å². The number of nitrogens with zero attached hydrogens (tertiary/aromatic N) is 3. The fourth-order valence-electron chi connectivity index (χ4n) is 2.74. The standard InChI is InChI=1S/C14H24N4/c1-3-6-13-7-4-5-8-18(13)14-11-16-10-12(17-14)9-15-2/h10-11,13,15H,3-9H2,1-2H3. The molecule has 1 aromatic rings. The minimum atomic E-state index is 0.655. The average Bonchev–Trinajstić information content (AvgIpc) is 2.40. The number of piperidine rings is 1. The Labute approximate surface area is 110 Å². The van der Waals surface area contributed by atoms with E-state index in [1.807, 2.05) is 19.4 Å². The first-order valence-corrected chi connectivity index (χ1v) is 7.07. The molecule has 100 valence electrons. The zero-order chi connectivity index (χ0) is 12.8. The fourth-order valence-corrected chi connectivity index (χ4v) is 2.74. The average molecular weight is 248 g/mol. The van der Waals surface area contributed by atoms with Gasteiger partial charge in [-0.1, -0.05) is 13.3 Å². The van der Waals surface area contributed by atoms with E-state index >= 15 is 0 Å². The first-order valence-electron chi connectivity index (χ1n) is 7.07. The Morgan fingerprint density at radius 1 is 1.39 bits per heavy atom. The maximum absolute atomic E-state index is 4.72. The number of nitrogens with one attached hydrogen (secondary N) is 1. The van der Waals surface area contributed by atoms with Crippen LogP contribution in [0.15, 0.2) is 12.4 Å². The summed E-state index contributed by atoms with van der Waals surface area (Å²) < 4.78 is 0. The Morgan fingerprint density at radius 3 is 3.06 bits per heavy atom.